The largest absolute Gasteiger partial charge is 0.481 e. The Kier molecular flexibility index (Phi) is 9.08. The number of hydrogen-bond acceptors (Lipinski definition) is 6. The van der Waals surface area contributed by atoms with Gasteiger partial charge in [-0.2, -0.15) is 0 Å². The molecule has 3 aromatic rings. The highest BCUT2D eigenvalue weighted by atomic mass is 16.5. The summed E-state index contributed by atoms with van der Waals surface area (Å²) < 4.78 is 5.35. The van der Waals surface area contributed by atoms with E-state index in [0.717, 1.165) is 28.8 Å². The highest BCUT2D eigenvalue weighted by Gasteiger charge is 2.40. The number of carboxylic acid groups (broad SMARTS) is 1. The van der Waals surface area contributed by atoms with Crippen LogP contribution in [0.25, 0.3) is 0 Å². The Bertz CT molecular complexity index is 1550. The molecule has 0 aliphatic carbocycles. The second kappa shape index (κ2) is 13.5. The van der Waals surface area contributed by atoms with Gasteiger partial charge >= 0.3 is 12.0 Å². The van der Waals surface area contributed by atoms with Crippen LogP contribution in [0, 0.1) is 5.92 Å². The molecular formula is C34H37N5O6. The number of urea groups is 1. The summed E-state index contributed by atoms with van der Waals surface area (Å²) in [6.45, 7) is 3.99. The molecule has 0 radical (unpaired) electrons. The smallest absolute Gasteiger partial charge is 0.326 e. The molecular weight excluding hydrogens is 574 g/mol. The van der Waals surface area contributed by atoms with Gasteiger partial charge in [0, 0.05) is 55.7 Å². The van der Waals surface area contributed by atoms with Gasteiger partial charge in [-0.1, -0.05) is 42.5 Å². The van der Waals surface area contributed by atoms with Gasteiger partial charge in [-0.3, -0.25) is 24.2 Å². The van der Waals surface area contributed by atoms with E-state index < -0.39 is 11.9 Å². The summed E-state index contributed by atoms with van der Waals surface area (Å²) in [7, 11) is 0. The molecule has 11 nitrogen and oxygen atoms in total. The van der Waals surface area contributed by atoms with Crippen molar-refractivity contribution >= 4 is 40.9 Å². The number of ether oxygens (including phenoxy) is 1. The summed E-state index contributed by atoms with van der Waals surface area (Å²) >= 11 is 0. The fourth-order valence-corrected chi connectivity index (χ4v) is 6.30. The molecule has 11 heteroatoms. The molecule has 4 amide bonds. The van der Waals surface area contributed by atoms with Crippen molar-refractivity contribution in [3.8, 4) is 0 Å². The molecule has 3 aromatic carbocycles. The van der Waals surface area contributed by atoms with Crippen LogP contribution in [0.1, 0.15) is 22.6 Å². The number of aliphatic carboxylic acids is 1. The SMILES string of the molecule is O=C(Cc1ccc(NC(=O)N2CCc3ccccc32)cc1)Nc1ccc(C2CN(C(=O)CN3CCOCC3)CC2C(=O)O)cc1. The number of hydrogen-bond donors (Lipinski definition) is 3. The molecule has 0 bridgehead atoms. The zero-order valence-corrected chi connectivity index (χ0v) is 25.0. The van der Waals surface area contributed by atoms with Gasteiger partial charge in [-0.25, -0.2) is 4.79 Å². The van der Waals surface area contributed by atoms with Crippen molar-refractivity contribution in [3.05, 3.63) is 89.5 Å². The lowest BCUT2D eigenvalue weighted by molar-refractivity contribution is -0.142. The van der Waals surface area contributed by atoms with Crippen molar-refractivity contribution in [1.82, 2.24) is 9.80 Å². The van der Waals surface area contributed by atoms with Crippen molar-refractivity contribution in [2.24, 2.45) is 5.92 Å². The first-order valence-corrected chi connectivity index (χ1v) is 15.3. The van der Waals surface area contributed by atoms with Crippen molar-refractivity contribution in [2.75, 3.05) is 68.0 Å². The van der Waals surface area contributed by atoms with Crippen LogP contribution in [0.2, 0.25) is 0 Å². The van der Waals surface area contributed by atoms with E-state index in [2.05, 4.69) is 10.6 Å². The van der Waals surface area contributed by atoms with Crippen LogP contribution in [-0.4, -0.2) is 91.2 Å². The molecule has 2 atom stereocenters. The number of nitrogens with one attached hydrogen (secondary N) is 2. The molecule has 0 spiro atoms. The van der Waals surface area contributed by atoms with Crippen LogP contribution >= 0.6 is 0 Å². The number of nitrogens with zero attached hydrogens (tertiary/aromatic N) is 3. The number of likely N-dealkylation sites (tertiary alicyclic amines) is 1. The molecule has 2 unspecified atom stereocenters. The van der Waals surface area contributed by atoms with Gasteiger partial charge in [0.05, 0.1) is 32.1 Å². The predicted molar refractivity (Wildman–Crippen MR) is 169 cm³/mol. The Morgan fingerprint density at radius 2 is 1.51 bits per heavy atom. The molecule has 0 aromatic heterocycles. The second-order valence-electron chi connectivity index (χ2n) is 11.7. The van der Waals surface area contributed by atoms with Crippen LogP contribution in [0.3, 0.4) is 0 Å². The van der Waals surface area contributed by atoms with Gasteiger partial charge in [0.2, 0.25) is 11.8 Å². The summed E-state index contributed by atoms with van der Waals surface area (Å²) in [5.74, 6) is -2.22. The lowest BCUT2D eigenvalue weighted by Gasteiger charge is -2.28. The number of rotatable bonds is 8. The predicted octanol–water partition coefficient (Wildman–Crippen LogP) is 3.42. The lowest BCUT2D eigenvalue weighted by Crippen LogP contribution is -2.44. The highest BCUT2D eigenvalue weighted by molar-refractivity contribution is 6.03. The normalized spacial score (nSPS) is 19.6. The Hall–Kier alpha value is -4.74. The van der Waals surface area contributed by atoms with E-state index in [4.69, 9.17) is 4.74 Å². The lowest BCUT2D eigenvalue weighted by atomic mass is 9.89. The summed E-state index contributed by atoms with van der Waals surface area (Å²) in [6.07, 6.45) is 0.985. The van der Waals surface area contributed by atoms with Gasteiger partial charge < -0.3 is 25.4 Å². The van der Waals surface area contributed by atoms with Crippen LogP contribution in [0.4, 0.5) is 21.9 Å². The fourth-order valence-electron chi connectivity index (χ4n) is 6.30. The van der Waals surface area contributed by atoms with Crippen molar-refractivity contribution < 1.29 is 29.0 Å². The zero-order chi connectivity index (χ0) is 31.3. The van der Waals surface area contributed by atoms with E-state index in [-0.39, 0.29) is 43.3 Å². The maximum absolute atomic E-state index is 12.9. The first-order valence-electron chi connectivity index (χ1n) is 15.3. The third-order valence-corrected chi connectivity index (χ3v) is 8.78. The van der Waals surface area contributed by atoms with Gasteiger partial charge in [0.25, 0.3) is 0 Å². The van der Waals surface area contributed by atoms with Crippen molar-refractivity contribution in [1.29, 1.82) is 0 Å². The maximum Gasteiger partial charge on any atom is 0.326 e. The molecule has 2 fully saturated rings. The molecule has 0 saturated carbocycles. The van der Waals surface area contributed by atoms with Crippen LogP contribution < -0.4 is 15.5 Å². The highest BCUT2D eigenvalue weighted by Crippen LogP contribution is 2.34. The summed E-state index contributed by atoms with van der Waals surface area (Å²) in [5, 5.41) is 15.7. The van der Waals surface area contributed by atoms with Crippen molar-refractivity contribution in [2.45, 2.75) is 18.8 Å². The number of carbonyl (C=O) groups excluding carboxylic acids is 3. The quantitative estimate of drug-likeness (QED) is 0.356. The van der Waals surface area contributed by atoms with E-state index in [1.165, 1.54) is 0 Å². The molecule has 3 aliphatic rings. The Labute approximate surface area is 261 Å². The first kappa shape index (κ1) is 30.3. The first-order chi connectivity index (χ1) is 21.8. The topological polar surface area (TPSA) is 132 Å². The average molecular weight is 612 g/mol. The molecule has 234 valence electrons. The number of fused-ring (bicyclic) bond motifs is 1. The molecule has 45 heavy (non-hydrogen) atoms. The molecule has 3 N–H and O–H groups in total. The monoisotopic (exact) mass is 611 g/mol. The van der Waals surface area contributed by atoms with Gasteiger partial charge in [0.15, 0.2) is 0 Å². The standard InChI is InChI=1S/C34H37N5O6/c40-31(19-23-5-9-27(10-6-23)36-34(44)39-14-13-25-3-1-2-4-30(25)39)35-26-11-7-24(8-12-26)28-20-38(21-29(28)33(42)43)32(41)22-37-15-17-45-18-16-37/h1-12,28-29H,13-22H2,(H,35,40)(H,36,44)(H,42,43). The Balaban J connectivity index is 1.00. The number of carbonyl (C=O) groups is 4. The number of morpholine rings is 1. The van der Waals surface area contributed by atoms with Gasteiger partial charge in [0.1, 0.15) is 0 Å². The Morgan fingerprint density at radius 3 is 2.24 bits per heavy atom. The molecule has 3 aliphatic heterocycles. The van der Waals surface area contributed by atoms with Gasteiger partial charge in [-0.05, 0) is 53.4 Å². The fraction of sp³-hybridized carbons (Fsp3) is 0.353. The summed E-state index contributed by atoms with van der Waals surface area (Å²) in [4.78, 5) is 56.0. The van der Waals surface area contributed by atoms with E-state index in [1.807, 2.05) is 53.4 Å². The second-order valence-corrected chi connectivity index (χ2v) is 11.7. The minimum atomic E-state index is -0.925. The number of para-hydroxylation sites is 1. The summed E-state index contributed by atoms with van der Waals surface area (Å²) in [5.41, 5.74) is 4.95. The summed E-state index contributed by atoms with van der Waals surface area (Å²) in [6, 6.07) is 22.1. The zero-order valence-electron chi connectivity index (χ0n) is 25.0. The number of amides is 4. The van der Waals surface area contributed by atoms with Crippen molar-refractivity contribution in [3.63, 3.8) is 0 Å². The van der Waals surface area contributed by atoms with Crippen LogP contribution in [0.15, 0.2) is 72.8 Å². The molecule has 6 rings (SSSR count). The number of anilines is 3. The third kappa shape index (κ3) is 7.16. The maximum atomic E-state index is 12.9. The Morgan fingerprint density at radius 1 is 0.822 bits per heavy atom. The molecule has 3 heterocycles. The minimum absolute atomic E-state index is 0.0673. The van der Waals surface area contributed by atoms with Gasteiger partial charge in [-0.15, -0.1) is 0 Å². The van der Waals surface area contributed by atoms with Crippen LogP contribution in [0.5, 0.6) is 0 Å². The average Bonchev–Trinajstić information content (AvgIpc) is 3.69. The number of carboxylic acids is 1. The number of benzene rings is 3. The van der Waals surface area contributed by atoms with E-state index in [1.54, 1.807) is 34.1 Å². The van der Waals surface area contributed by atoms with E-state index in [0.29, 0.717) is 50.8 Å². The van der Waals surface area contributed by atoms with E-state index in [9.17, 15) is 24.3 Å². The van der Waals surface area contributed by atoms with Crippen LogP contribution in [-0.2, 0) is 32.0 Å². The molecule has 2 saturated heterocycles. The van der Waals surface area contributed by atoms with E-state index >= 15 is 0 Å². The third-order valence-electron chi connectivity index (χ3n) is 8.78. The minimum Gasteiger partial charge on any atom is -0.481 e.